The summed E-state index contributed by atoms with van der Waals surface area (Å²) in [5, 5.41) is 0.638. The van der Waals surface area contributed by atoms with Crippen LogP contribution in [0.2, 0.25) is 0 Å². The van der Waals surface area contributed by atoms with Crippen molar-refractivity contribution in [3.8, 4) is 0 Å². The fourth-order valence-electron chi connectivity index (χ4n) is 2.84. The lowest BCUT2D eigenvalue weighted by atomic mass is 9.93. The Bertz CT molecular complexity index is 415. The average Bonchev–Trinajstić information content (AvgIpc) is 2.88. The lowest BCUT2D eigenvalue weighted by Crippen LogP contribution is -2.41. The van der Waals surface area contributed by atoms with Crippen molar-refractivity contribution < 1.29 is 9.47 Å². The maximum atomic E-state index is 5.98. The number of ether oxygens (including phenoxy) is 2. The van der Waals surface area contributed by atoms with Crippen molar-refractivity contribution >= 4 is 11.8 Å². The Kier molecular flexibility index (Phi) is 4.12. The highest BCUT2D eigenvalue weighted by Gasteiger charge is 2.41. The molecule has 1 aromatic rings. The molecule has 2 heterocycles. The molecule has 3 rings (SSSR count). The van der Waals surface area contributed by atoms with E-state index in [4.69, 9.17) is 15.2 Å². The minimum absolute atomic E-state index is 0.00706. The average molecular weight is 279 g/mol. The third-order valence-corrected chi connectivity index (χ3v) is 5.26. The fraction of sp³-hybridized carbons (Fsp3) is 0.600. The first-order valence-electron chi connectivity index (χ1n) is 6.97. The molecular weight excluding hydrogens is 258 g/mol. The van der Waals surface area contributed by atoms with E-state index in [2.05, 4.69) is 24.3 Å². The van der Waals surface area contributed by atoms with Crippen LogP contribution >= 0.6 is 11.8 Å². The van der Waals surface area contributed by atoms with Crippen LogP contribution in [-0.2, 0) is 16.0 Å². The molecule has 0 aromatic heterocycles. The Balaban J connectivity index is 1.62. The SMILES string of the molecule is NCc1ccc(SC2CCOC3(CCOC3)C2)cc1. The summed E-state index contributed by atoms with van der Waals surface area (Å²) in [6, 6.07) is 8.60. The Morgan fingerprint density at radius 3 is 2.79 bits per heavy atom. The zero-order valence-corrected chi connectivity index (χ0v) is 12.0. The topological polar surface area (TPSA) is 44.5 Å². The number of hydrogen-bond acceptors (Lipinski definition) is 4. The van der Waals surface area contributed by atoms with Crippen molar-refractivity contribution in [3.63, 3.8) is 0 Å². The maximum absolute atomic E-state index is 5.98. The number of rotatable bonds is 3. The molecule has 2 N–H and O–H groups in total. The zero-order valence-electron chi connectivity index (χ0n) is 11.1. The summed E-state index contributed by atoms with van der Waals surface area (Å²) in [6.45, 7) is 3.10. The summed E-state index contributed by atoms with van der Waals surface area (Å²) in [5.41, 5.74) is 6.82. The van der Waals surface area contributed by atoms with Gasteiger partial charge in [-0.2, -0.15) is 0 Å². The van der Waals surface area contributed by atoms with Crippen molar-refractivity contribution in [3.05, 3.63) is 29.8 Å². The third-order valence-electron chi connectivity index (χ3n) is 3.98. The lowest BCUT2D eigenvalue weighted by molar-refractivity contribution is -0.0769. The first-order chi connectivity index (χ1) is 9.30. The highest BCUT2D eigenvalue weighted by atomic mass is 32.2. The molecule has 0 amide bonds. The van der Waals surface area contributed by atoms with Crippen molar-refractivity contribution in [1.29, 1.82) is 0 Å². The second-order valence-corrected chi connectivity index (χ2v) is 6.79. The predicted octanol–water partition coefficient (Wildman–Crippen LogP) is 2.58. The molecule has 1 aromatic carbocycles. The number of hydrogen-bond donors (Lipinski definition) is 1. The van der Waals surface area contributed by atoms with E-state index >= 15 is 0 Å². The van der Waals surface area contributed by atoms with Crippen LogP contribution in [0.5, 0.6) is 0 Å². The molecule has 4 heteroatoms. The zero-order chi connectivity index (χ0) is 13.1. The molecule has 0 radical (unpaired) electrons. The fourth-order valence-corrected chi connectivity index (χ4v) is 4.12. The van der Waals surface area contributed by atoms with Crippen LogP contribution < -0.4 is 5.73 Å². The Morgan fingerprint density at radius 1 is 1.26 bits per heavy atom. The summed E-state index contributed by atoms with van der Waals surface area (Å²) >= 11 is 1.97. The summed E-state index contributed by atoms with van der Waals surface area (Å²) in [7, 11) is 0. The van der Waals surface area contributed by atoms with Crippen molar-refractivity contribution in [1.82, 2.24) is 0 Å². The van der Waals surface area contributed by atoms with Crippen LogP contribution in [-0.4, -0.2) is 30.7 Å². The minimum Gasteiger partial charge on any atom is -0.378 e. The monoisotopic (exact) mass is 279 g/mol. The van der Waals surface area contributed by atoms with Crippen LogP contribution in [0.3, 0.4) is 0 Å². The molecule has 2 saturated heterocycles. The van der Waals surface area contributed by atoms with E-state index < -0.39 is 0 Å². The molecule has 1 spiro atoms. The second kappa shape index (κ2) is 5.83. The molecule has 0 bridgehead atoms. The predicted molar refractivity (Wildman–Crippen MR) is 77.3 cm³/mol. The van der Waals surface area contributed by atoms with Gasteiger partial charge in [0, 0.05) is 36.3 Å². The van der Waals surface area contributed by atoms with Gasteiger partial charge in [-0.15, -0.1) is 11.8 Å². The smallest absolute Gasteiger partial charge is 0.0947 e. The van der Waals surface area contributed by atoms with E-state index in [1.54, 1.807) is 0 Å². The summed E-state index contributed by atoms with van der Waals surface area (Å²) in [6.07, 6.45) is 3.29. The third kappa shape index (κ3) is 3.14. The molecule has 0 aliphatic carbocycles. The van der Waals surface area contributed by atoms with Gasteiger partial charge >= 0.3 is 0 Å². The van der Waals surface area contributed by atoms with Gasteiger partial charge in [0.25, 0.3) is 0 Å². The largest absolute Gasteiger partial charge is 0.378 e. The molecule has 2 fully saturated rings. The van der Waals surface area contributed by atoms with Crippen molar-refractivity contribution in [2.45, 2.75) is 41.6 Å². The van der Waals surface area contributed by atoms with Crippen molar-refractivity contribution in [2.75, 3.05) is 19.8 Å². The lowest BCUT2D eigenvalue weighted by Gasteiger charge is -2.36. The Morgan fingerprint density at radius 2 is 2.11 bits per heavy atom. The van der Waals surface area contributed by atoms with Crippen LogP contribution in [0, 0.1) is 0 Å². The molecule has 104 valence electrons. The van der Waals surface area contributed by atoms with Gasteiger partial charge in [0.05, 0.1) is 12.2 Å². The summed E-state index contributed by atoms with van der Waals surface area (Å²) < 4.78 is 11.5. The molecular formula is C15H21NO2S. The Labute approximate surface area is 118 Å². The van der Waals surface area contributed by atoms with Gasteiger partial charge in [0.15, 0.2) is 0 Å². The van der Waals surface area contributed by atoms with Gasteiger partial charge in [-0.05, 0) is 30.5 Å². The number of nitrogens with two attached hydrogens (primary N) is 1. The highest BCUT2D eigenvalue weighted by Crippen LogP contribution is 2.39. The molecule has 2 atom stereocenters. The van der Waals surface area contributed by atoms with Gasteiger partial charge in [0.2, 0.25) is 0 Å². The van der Waals surface area contributed by atoms with Gasteiger partial charge in [-0.25, -0.2) is 0 Å². The van der Waals surface area contributed by atoms with Gasteiger partial charge in [-0.1, -0.05) is 12.1 Å². The second-order valence-electron chi connectivity index (χ2n) is 5.41. The molecule has 0 saturated carbocycles. The van der Waals surface area contributed by atoms with E-state index in [9.17, 15) is 0 Å². The molecule has 19 heavy (non-hydrogen) atoms. The summed E-state index contributed by atoms with van der Waals surface area (Å²) in [5.74, 6) is 0. The van der Waals surface area contributed by atoms with E-state index in [-0.39, 0.29) is 5.60 Å². The number of thioether (sulfide) groups is 1. The maximum Gasteiger partial charge on any atom is 0.0947 e. The van der Waals surface area contributed by atoms with E-state index in [1.165, 1.54) is 10.5 Å². The summed E-state index contributed by atoms with van der Waals surface area (Å²) in [4.78, 5) is 1.33. The number of benzene rings is 1. The van der Waals surface area contributed by atoms with E-state index in [0.717, 1.165) is 39.1 Å². The van der Waals surface area contributed by atoms with Crippen LogP contribution in [0.15, 0.2) is 29.2 Å². The highest BCUT2D eigenvalue weighted by molar-refractivity contribution is 8.00. The first kappa shape index (κ1) is 13.4. The van der Waals surface area contributed by atoms with Crippen LogP contribution in [0.1, 0.15) is 24.8 Å². The minimum atomic E-state index is 0.00706. The molecule has 2 unspecified atom stereocenters. The first-order valence-corrected chi connectivity index (χ1v) is 7.85. The Hall–Kier alpha value is -0.550. The standard InChI is InChI=1S/C15H21NO2S/c16-10-12-1-3-13(4-2-12)19-14-5-7-18-15(9-14)6-8-17-11-15/h1-4,14H,5-11,16H2. The van der Waals surface area contributed by atoms with Crippen LogP contribution in [0.4, 0.5) is 0 Å². The quantitative estimate of drug-likeness (QED) is 0.923. The van der Waals surface area contributed by atoms with Gasteiger partial charge in [-0.3, -0.25) is 0 Å². The van der Waals surface area contributed by atoms with Gasteiger partial charge < -0.3 is 15.2 Å². The molecule has 2 aliphatic heterocycles. The van der Waals surface area contributed by atoms with E-state index in [1.807, 2.05) is 11.8 Å². The van der Waals surface area contributed by atoms with E-state index in [0.29, 0.717) is 11.8 Å². The van der Waals surface area contributed by atoms with Crippen molar-refractivity contribution in [2.24, 2.45) is 5.73 Å². The van der Waals surface area contributed by atoms with Gasteiger partial charge in [0.1, 0.15) is 0 Å². The molecule has 3 nitrogen and oxygen atoms in total. The molecule has 2 aliphatic rings. The van der Waals surface area contributed by atoms with Crippen LogP contribution in [0.25, 0.3) is 0 Å². The normalized spacial score (nSPS) is 30.9.